The van der Waals surface area contributed by atoms with Crippen LogP contribution in [0.15, 0.2) is 0 Å². The Morgan fingerprint density at radius 3 is 2.52 bits per heavy atom. The maximum absolute atomic E-state index is 12.1. The Kier molecular flexibility index (Phi) is 7.34. The summed E-state index contributed by atoms with van der Waals surface area (Å²) in [5.74, 6) is 0.346. The third kappa shape index (κ3) is 5.79. The first kappa shape index (κ1) is 18.2. The van der Waals surface area contributed by atoms with Crippen molar-refractivity contribution in [2.24, 2.45) is 5.92 Å². The van der Waals surface area contributed by atoms with Gasteiger partial charge < -0.3 is 10.6 Å². The first-order valence-electron chi connectivity index (χ1n) is 9.41. The zero-order valence-corrected chi connectivity index (χ0v) is 14.8. The Morgan fingerprint density at radius 2 is 1.83 bits per heavy atom. The molecule has 0 aromatic heterocycles. The van der Waals surface area contributed by atoms with Crippen molar-refractivity contribution in [2.45, 2.75) is 77.3 Å². The zero-order valence-electron chi connectivity index (χ0n) is 14.8. The average Bonchev–Trinajstić information content (AvgIpc) is 3.07. The fourth-order valence-electron chi connectivity index (χ4n) is 3.89. The van der Waals surface area contributed by atoms with Gasteiger partial charge in [-0.05, 0) is 45.7 Å². The van der Waals surface area contributed by atoms with E-state index in [4.69, 9.17) is 0 Å². The van der Waals surface area contributed by atoms with Gasteiger partial charge in [0.2, 0.25) is 11.8 Å². The van der Waals surface area contributed by atoms with Crippen molar-refractivity contribution >= 4 is 11.8 Å². The highest BCUT2D eigenvalue weighted by atomic mass is 16.2. The molecular formula is C18H33N3O2. The molecule has 0 radical (unpaired) electrons. The molecular weight excluding hydrogens is 290 g/mol. The van der Waals surface area contributed by atoms with Crippen molar-refractivity contribution in [3.8, 4) is 0 Å². The monoisotopic (exact) mass is 323 g/mol. The SMILES string of the molecule is CCN1CCCCC1CNC(=O)CC(C)NC(=O)C1CCCC1. The van der Waals surface area contributed by atoms with E-state index in [2.05, 4.69) is 22.5 Å². The van der Waals surface area contributed by atoms with Gasteiger partial charge in [0.25, 0.3) is 0 Å². The number of carbonyl (C=O) groups excluding carboxylic acids is 2. The molecule has 5 nitrogen and oxygen atoms in total. The lowest BCUT2D eigenvalue weighted by molar-refractivity contribution is -0.126. The lowest BCUT2D eigenvalue weighted by Gasteiger charge is -2.35. The first-order chi connectivity index (χ1) is 11.1. The predicted octanol–water partition coefficient (Wildman–Crippen LogP) is 2.06. The van der Waals surface area contributed by atoms with Crippen LogP contribution in [0.2, 0.25) is 0 Å². The molecule has 0 bridgehead atoms. The van der Waals surface area contributed by atoms with Gasteiger partial charge in [0.15, 0.2) is 0 Å². The van der Waals surface area contributed by atoms with Crippen LogP contribution in [0, 0.1) is 5.92 Å². The van der Waals surface area contributed by atoms with Gasteiger partial charge in [-0.2, -0.15) is 0 Å². The molecule has 1 saturated heterocycles. The summed E-state index contributed by atoms with van der Waals surface area (Å²) in [5, 5.41) is 6.06. The van der Waals surface area contributed by atoms with Gasteiger partial charge in [0, 0.05) is 31.0 Å². The van der Waals surface area contributed by atoms with Crippen LogP contribution >= 0.6 is 0 Å². The van der Waals surface area contributed by atoms with E-state index in [1.807, 2.05) is 6.92 Å². The smallest absolute Gasteiger partial charge is 0.223 e. The highest BCUT2D eigenvalue weighted by Crippen LogP contribution is 2.24. The maximum Gasteiger partial charge on any atom is 0.223 e. The molecule has 2 amide bonds. The minimum atomic E-state index is -0.0864. The fourth-order valence-corrected chi connectivity index (χ4v) is 3.89. The van der Waals surface area contributed by atoms with E-state index in [1.165, 1.54) is 19.3 Å². The predicted molar refractivity (Wildman–Crippen MR) is 92.1 cm³/mol. The third-order valence-corrected chi connectivity index (χ3v) is 5.30. The molecule has 1 aliphatic heterocycles. The quantitative estimate of drug-likeness (QED) is 0.754. The van der Waals surface area contributed by atoms with Gasteiger partial charge in [-0.15, -0.1) is 0 Å². The molecule has 2 unspecified atom stereocenters. The summed E-state index contributed by atoms with van der Waals surface area (Å²) < 4.78 is 0. The fraction of sp³-hybridized carbons (Fsp3) is 0.889. The number of amides is 2. The molecule has 2 aliphatic rings. The summed E-state index contributed by atoms with van der Waals surface area (Å²) >= 11 is 0. The van der Waals surface area contributed by atoms with Crippen molar-refractivity contribution in [1.29, 1.82) is 0 Å². The van der Waals surface area contributed by atoms with Gasteiger partial charge in [-0.3, -0.25) is 14.5 Å². The van der Waals surface area contributed by atoms with E-state index in [0.717, 1.165) is 45.3 Å². The van der Waals surface area contributed by atoms with Crippen molar-refractivity contribution in [3.05, 3.63) is 0 Å². The highest BCUT2D eigenvalue weighted by molar-refractivity contribution is 5.81. The number of piperidine rings is 1. The Labute approximate surface area is 140 Å². The second-order valence-corrected chi connectivity index (χ2v) is 7.18. The third-order valence-electron chi connectivity index (χ3n) is 5.30. The van der Waals surface area contributed by atoms with E-state index in [1.54, 1.807) is 0 Å². The minimum Gasteiger partial charge on any atom is -0.354 e. The molecule has 0 aromatic carbocycles. The van der Waals surface area contributed by atoms with Gasteiger partial charge >= 0.3 is 0 Å². The number of likely N-dealkylation sites (tertiary alicyclic amines) is 1. The lowest BCUT2D eigenvalue weighted by atomic mass is 10.0. The van der Waals surface area contributed by atoms with Gasteiger partial charge in [-0.1, -0.05) is 26.2 Å². The summed E-state index contributed by atoms with van der Waals surface area (Å²) in [6, 6.07) is 0.387. The number of nitrogens with zero attached hydrogens (tertiary/aromatic N) is 1. The molecule has 2 rings (SSSR count). The van der Waals surface area contributed by atoms with Crippen LogP contribution < -0.4 is 10.6 Å². The van der Waals surface area contributed by atoms with Crippen molar-refractivity contribution in [1.82, 2.24) is 15.5 Å². The van der Waals surface area contributed by atoms with Crippen LogP contribution in [-0.2, 0) is 9.59 Å². The summed E-state index contributed by atoms with van der Waals surface area (Å²) in [7, 11) is 0. The van der Waals surface area contributed by atoms with Crippen molar-refractivity contribution in [3.63, 3.8) is 0 Å². The molecule has 2 atom stereocenters. The highest BCUT2D eigenvalue weighted by Gasteiger charge is 2.25. The number of hydrogen-bond acceptors (Lipinski definition) is 3. The van der Waals surface area contributed by atoms with Crippen LogP contribution in [0.25, 0.3) is 0 Å². The number of likely N-dealkylation sites (N-methyl/N-ethyl adjacent to an activating group) is 1. The zero-order chi connectivity index (χ0) is 16.7. The average molecular weight is 323 g/mol. The normalized spacial score (nSPS) is 24.3. The van der Waals surface area contributed by atoms with Crippen LogP contribution in [0.5, 0.6) is 0 Å². The van der Waals surface area contributed by atoms with E-state index in [-0.39, 0.29) is 23.8 Å². The number of rotatable bonds is 7. The van der Waals surface area contributed by atoms with Crippen LogP contribution in [0.1, 0.15) is 65.2 Å². The summed E-state index contributed by atoms with van der Waals surface area (Å²) in [5.41, 5.74) is 0. The van der Waals surface area contributed by atoms with Crippen LogP contribution in [0.3, 0.4) is 0 Å². The van der Waals surface area contributed by atoms with E-state index in [9.17, 15) is 9.59 Å². The summed E-state index contributed by atoms with van der Waals surface area (Å²) in [6.45, 7) is 7.03. The molecule has 2 N–H and O–H groups in total. The molecule has 132 valence electrons. The first-order valence-corrected chi connectivity index (χ1v) is 9.41. The second-order valence-electron chi connectivity index (χ2n) is 7.18. The van der Waals surface area contributed by atoms with E-state index >= 15 is 0 Å². The molecule has 1 aliphatic carbocycles. The molecule has 5 heteroatoms. The van der Waals surface area contributed by atoms with Crippen LogP contribution in [0.4, 0.5) is 0 Å². The Hall–Kier alpha value is -1.10. The van der Waals surface area contributed by atoms with E-state index < -0.39 is 0 Å². The molecule has 1 saturated carbocycles. The Bertz CT molecular complexity index is 394. The summed E-state index contributed by atoms with van der Waals surface area (Å²) in [6.07, 6.45) is 8.37. The number of hydrogen-bond donors (Lipinski definition) is 2. The standard InChI is InChI=1S/C18H33N3O2/c1-3-21-11-7-6-10-16(21)13-19-17(22)12-14(2)20-18(23)15-8-4-5-9-15/h14-16H,3-13H2,1-2H3,(H,19,22)(H,20,23). The van der Waals surface area contributed by atoms with Gasteiger partial charge in [0.05, 0.1) is 0 Å². The van der Waals surface area contributed by atoms with Crippen LogP contribution in [-0.4, -0.2) is 48.4 Å². The lowest BCUT2D eigenvalue weighted by Crippen LogP contribution is -2.47. The molecule has 23 heavy (non-hydrogen) atoms. The summed E-state index contributed by atoms with van der Waals surface area (Å²) in [4.78, 5) is 26.6. The molecule has 0 aromatic rings. The van der Waals surface area contributed by atoms with Gasteiger partial charge in [0.1, 0.15) is 0 Å². The molecule has 2 fully saturated rings. The number of nitrogens with one attached hydrogen (secondary N) is 2. The van der Waals surface area contributed by atoms with Crippen molar-refractivity contribution in [2.75, 3.05) is 19.6 Å². The Balaban J connectivity index is 1.66. The largest absolute Gasteiger partial charge is 0.354 e. The molecule has 0 spiro atoms. The van der Waals surface area contributed by atoms with Crippen molar-refractivity contribution < 1.29 is 9.59 Å². The minimum absolute atomic E-state index is 0.0471. The maximum atomic E-state index is 12.1. The number of carbonyl (C=O) groups is 2. The Morgan fingerprint density at radius 1 is 1.13 bits per heavy atom. The van der Waals surface area contributed by atoms with Gasteiger partial charge in [-0.25, -0.2) is 0 Å². The molecule has 1 heterocycles. The van der Waals surface area contributed by atoms with E-state index in [0.29, 0.717) is 12.5 Å². The topological polar surface area (TPSA) is 61.4 Å². The second kappa shape index (κ2) is 9.26.